The largest absolute Gasteiger partial charge is 0.486 e. The highest BCUT2D eigenvalue weighted by Gasteiger charge is 2.17. The van der Waals surface area contributed by atoms with Crippen LogP contribution in [0.15, 0.2) is 18.2 Å². The van der Waals surface area contributed by atoms with Crippen LogP contribution in [-0.4, -0.2) is 30.4 Å². The summed E-state index contributed by atoms with van der Waals surface area (Å²) < 4.78 is 11.2. The van der Waals surface area contributed by atoms with Crippen molar-refractivity contribution in [2.75, 3.05) is 13.2 Å². The van der Waals surface area contributed by atoms with E-state index in [0.29, 0.717) is 23.8 Å². The van der Waals surface area contributed by atoms with Crippen molar-refractivity contribution in [3.63, 3.8) is 0 Å². The molecule has 0 aromatic heterocycles. The zero-order valence-electron chi connectivity index (χ0n) is 11.5. The molecule has 4 nitrogen and oxygen atoms in total. The summed E-state index contributed by atoms with van der Waals surface area (Å²) in [4.78, 5) is 10.8. The second-order valence-corrected chi connectivity index (χ2v) is 5.57. The zero-order chi connectivity index (χ0) is 14.5. The number of rotatable bonds is 5. The Kier molecular flexibility index (Phi) is 5.26. The molecule has 1 aliphatic rings. The third kappa shape index (κ3) is 4.12. The van der Waals surface area contributed by atoms with Gasteiger partial charge < -0.3 is 14.6 Å². The molecule has 2 unspecified atom stereocenters. The van der Waals surface area contributed by atoms with Gasteiger partial charge in [0.05, 0.1) is 17.5 Å². The molecule has 0 saturated carbocycles. The van der Waals surface area contributed by atoms with E-state index in [2.05, 4.69) is 0 Å². The number of benzene rings is 1. The number of carboxylic acids is 1. The fourth-order valence-electron chi connectivity index (χ4n) is 2.19. The summed E-state index contributed by atoms with van der Waals surface area (Å²) in [5.41, 5.74) is 0.900. The lowest BCUT2D eigenvalue weighted by atomic mass is 10.0. The van der Waals surface area contributed by atoms with Gasteiger partial charge in [-0.2, -0.15) is 0 Å². The lowest BCUT2D eigenvalue weighted by Gasteiger charge is -2.24. The minimum absolute atomic E-state index is 0.0463. The summed E-state index contributed by atoms with van der Waals surface area (Å²) in [5, 5.41) is 9.43. The molecule has 1 fully saturated rings. The standard InChI is InChI=1S/C15H19ClO4/c1-10(15(17)18)7-11-4-5-14(13(16)8-11)20-12-3-2-6-19-9-12/h4-5,8,10,12H,2-3,6-7,9H2,1H3,(H,17,18). The van der Waals surface area contributed by atoms with Crippen molar-refractivity contribution in [2.24, 2.45) is 5.92 Å². The molecule has 0 radical (unpaired) electrons. The summed E-state index contributed by atoms with van der Waals surface area (Å²) >= 11 is 6.20. The third-order valence-electron chi connectivity index (χ3n) is 3.37. The number of carbonyl (C=O) groups is 1. The van der Waals surface area contributed by atoms with Gasteiger partial charge in [0.1, 0.15) is 11.9 Å². The van der Waals surface area contributed by atoms with Gasteiger partial charge in [-0.25, -0.2) is 0 Å². The molecular formula is C15H19ClO4. The molecule has 2 atom stereocenters. The maximum absolute atomic E-state index is 10.8. The van der Waals surface area contributed by atoms with Gasteiger partial charge >= 0.3 is 5.97 Å². The first-order valence-electron chi connectivity index (χ1n) is 6.82. The van der Waals surface area contributed by atoms with Gasteiger partial charge in [0, 0.05) is 6.61 Å². The van der Waals surface area contributed by atoms with Crippen molar-refractivity contribution in [3.8, 4) is 5.75 Å². The third-order valence-corrected chi connectivity index (χ3v) is 3.67. The molecule has 5 heteroatoms. The van der Waals surface area contributed by atoms with Crippen LogP contribution >= 0.6 is 11.6 Å². The molecule has 1 aromatic carbocycles. The van der Waals surface area contributed by atoms with Gasteiger partial charge in [0.15, 0.2) is 0 Å². The fourth-order valence-corrected chi connectivity index (χ4v) is 2.44. The van der Waals surface area contributed by atoms with E-state index in [9.17, 15) is 4.79 Å². The fraction of sp³-hybridized carbons (Fsp3) is 0.533. The van der Waals surface area contributed by atoms with Gasteiger partial charge in [-0.15, -0.1) is 0 Å². The molecule has 20 heavy (non-hydrogen) atoms. The number of halogens is 1. The smallest absolute Gasteiger partial charge is 0.306 e. The van der Waals surface area contributed by atoms with Crippen LogP contribution < -0.4 is 4.74 Å². The van der Waals surface area contributed by atoms with E-state index < -0.39 is 11.9 Å². The normalized spacial score (nSPS) is 20.4. The molecule has 1 saturated heterocycles. The van der Waals surface area contributed by atoms with Crippen LogP contribution in [0, 0.1) is 5.92 Å². The summed E-state index contributed by atoms with van der Waals surface area (Å²) in [7, 11) is 0. The second-order valence-electron chi connectivity index (χ2n) is 5.17. The Bertz CT molecular complexity index is 469. The summed E-state index contributed by atoms with van der Waals surface area (Å²) in [6.45, 7) is 3.06. The lowest BCUT2D eigenvalue weighted by molar-refractivity contribution is -0.141. The molecule has 2 rings (SSSR count). The highest BCUT2D eigenvalue weighted by Crippen LogP contribution is 2.28. The topological polar surface area (TPSA) is 55.8 Å². The van der Waals surface area contributed by atoms with Crippen LogP contribution in [-0.2, 0) is 16.0 Å². The molecule has 1 aromatic rings. The molecule has 0 aliphatic carbocycles. The summed E-state index contributed by atoms with van der Waals surface area (Å²) in [6, 6.07) is 5.45. The zero-order valence-corrected chi connectivity index (χ0v) is 12.2. The average Bonchev–Trinajstić information content (AvgIpc) is 2.43. The van der Waals surface area contributed by atoms with E-state index in [-0.39, 0.29) is 6.10 Å². The van der Waals surface area contributed by atoms with Crippen molar-refractivity contribution >= 4 is 17.6 Å². The van der Waals surface area contributed by atoms with Crippen LogP contribution in [0.25, 0.3) is 0 Å². The van der Waals surface area contributed by atoms with Gasteiger partial charge in [0.2, 0.25) is 0 Å². The number of ether oxygens (including phenoxy) is 2. The minimum Gasteiger partial charge on any atom is -0.486 e. The summed E-state index contributed by atoms with van der Waals surface area (Å²) in [6.07, 6.45) is 2.47. The van der Waals surface area contributed by atoms with Crippen LogP contribution in [0.3, 0.4) is 0 Å². The van der Waals surface area contributed by atoms with E-state index >= 15 is 0 Å². The predicted molar refractivity (Wildman–Crippen MR) is 76.4 cm³/mol. The molecule has 1 N–H and O–H groups in total. The van der Waals surface area contributed by atoms with Crippen LogP contribution in [0.5, 0.6) is 5.75 Å². The molecule has 110 valence electrons. The van der Waals surface area contributed by atoms with Crippen molar-refractivity contribution in [3.05, 3.63) is 28.8 Å². The molecule has 0 bridgehead atoms. The minimum atomic E-state index is -0.805. The van der Waals surface area contributed by atoms with Crippen LogP contribution in [0.4, 0.5) is 0 Å². The highest BCUT2D eigenvalue weighted by molar-refractivity contribution is 6.32. The van der Waals surface area contributed by atoms with Crippen molar-refractivity contribution in [1.82, 2.24) is 0 Å². The maximum Gasteiger partial charge on any atom is 0.306 e. The Morgan fingerprint density at radius 2 is 2.40 bits per heavy atom. The quantitative estimate of drug-likeness (QED) is 0.907. The van der Waals surface area contributed by atoms with E-state index in [1.165, 1.54) is 0 Å². The first kappa shape index (κ1) is 15.1. The predicted octanol–water partition coefficient (Wildman–Crippen LogP) is 3.16. The van der Waals surface area contributed by atoms with E-state index in [0.717, 1.165) is 25.0 Å². The molecule has 1 heterocycles. The van der Waals surface area contributed by atoms with Crippen molar-refractivity contribution in [1.29, 1.82) is 0 Å². The van der Waals surface area contributed by atoms with E-state index in [4.69, 9.17) is 26.2 Å². The molecule has 0 amide bonds. The Labute approximate surface area is 123 Å². The monoisotopic (exact) mass is 298 g/mol. The van der Waals surface area contributed by atoms with Gasteiger partial charge in [0.25, 0.3) is 0 Å². The SMILES string of the molecule is CC(Cc1ccc(OC2CCCOC2)c(Cl)c1)C(=O)O. The second kappa shape index (κ2) is 6.95. The Morgan fingerprint density at radius 1 is 1.60 bits per heavy atom. The first-order chi connectivity index (χ1) is 9.56. The number of hydrogen-bond donors (Lipinski definition) is 1. The maximum atomic E-state index is 10.8. The molecular weight excluding hydrogens is 280 g/mol. The van der Waals surface area contributed by atoms with Gasteiger partial charge in [-0.1, -0.05) is 24.6 Å². The Morgan fingerprint density at radius 3 is 3.00 bits per heavy atom. The number of aliphatic carboxylic acids is 1. The van der Waals surface area contributed by atoms with Gasteiger partial charge in [-0.05, 0) is 37.0 Å². The Balaban J connectivity index is 1.99. The highest BCUT2D eigenvalue weighted by atomic mass is 35.5. The Hall–Kier alpha value is -1.26. The van der Waals surface area contributed by atoms with E-state index in [1.54, 1.807) is 19.1 Å². The lowest BCUT2D eigenvalue weighted by Crippen LogP contribution is -2.28. The van der Waals surface area contributed by atoms with Crippen molar-refractivity contribution < 1.29 is 19.4 Å². The number of carboxylic acid groups (broad SMARTS) is 1. The summed E-state index contributed by atoms with van der Waals surface area (Å²) in [5.74, 6) is -0.598. The molecule has 1 aliphatic heterocycles. The van der Waals surface area contributed by atoms with E-state index in [1.807, 2.05) is 6.07 Å². The van der Waals surface area contributed by atoms with Crippen LogP contribution in [0.1, 0.15) is 25.3 Å². The van der Waals surface area contributed by atoms with Crippen molar-refractivity contribution in [2.45, 2.75) is 32.3 Å². The first-order valence-corrected chi connectivity index (χ1v) is 7.19. The van der Waals surface area contributed by atoms with Gasteiger partial charge in [-0.3, -0.25) is 4.79 Å². The number of hydrogen-bond acceptors (Lipinski definition) is 3. The van der Waals surface area contributed by atoms with Crippen LogP contribution in [0.2, 0.25) is 5.02 Å². The average molecular weight is 299 g/mol. The molecule has 0 spiro atoms.